The highest BCUT2D eigenvalue weighted by molar-refractivity contribution is 5.82. The predicted octanol–water partition coefficient (Wildman–Crippen LogP) is 2.21. The lowest BCUT2D eigenvalue weighted by molar-refractivity contribution is -0.143. The number of carbonyl (C=O) groups excluding carboxylic acids is 1. The van der Waals surface area contributed by atoms with E-state index >= 15 is 0 Å². The number of ether oxygens (including phenoxy) is 1. The number of hydrogen-bond donors (Lipinski definition) is 0. The zero-order chi connectivity index (χ0) is 8.81. The van der Waals surface area contributed by atoms with Crippen molar-refractivity contribution in [1.29, 1.82) is 0 Å². The molecule has 0 aromatic carbocycles. The fraction of sp³-hybridized carbons (Fsp3) is 0.500. The maximum Gasteiger partial charge on any atom is 0.330 e. The molecule has 0 saturated heterocycles. The first-order chi connectivity index (χ1) is 5.83. The summed E-state index contributed by atoms with van der Waals surface area (Å²) in [7, 11) is 0. The summed E-state index contributed by atoms with van der Waals surface area (Å²) < 4.78 is 5.06. The highest BCUT2D eigenvalue weighted by Gasteiger charge is 2.13. The van der Waals surface area contributed by atoms with Crippen LogP contribution in [0.2, 0.25) is 0 Å². The number of esters is 1. The molecule has 0 aromatic heterocycles. The first kappa shape index (κ1) is 9.04. The maximum atomic E-state index is 10.8. The molecule has 0 fully saturated rings. The molecule has 1 aliphatic heterocycles. The van der Waals surface area contributed by atoms with Crippen LogP contribution in [-0.4, -0.2) is 12.1 Å². The second-order valence-corrected chi connectivity index (χ2v) is 2.81. The van der Waals surface area contributed by atoms with Gasteiger partial charge in [0.15, 0.2) is 0 Å². The lowest BCUT2D eigenvalue weighted by atomic mass is 10.1. The number of hydrogen-bond acceptors (Lipinski definition) is 2. The van der Waals surface area contributed by atoms with Crippen molar-refractivity contribution >= 4 is 5.97 Å². The second-order valence-electron chi connectivity index (χ2n) is 2.81. The van der Waals surface area contributed by atoms with Crippen molar-refractivity contribution in [3.8, 4) is 0 Å². The average molecular weight is 166 g/mol. The molecule has 0 radical (unpaired) electrons. The number of carbonyl (C=O) groups is 1. The van der Waals surface area contributed by atoms with E-state index in [9.17, 15) is 4.79 Å². The van der Waals surface area contributed by atoms with E-state index in [4.69, 9.17) is 4.74 Å². The third-order valence-corrected chi connectivity index (χ3v) is 1.74. The largest absolute Gasteiger partial charge is 0.459 e. The zero-order valence-electron chi connectivity index (χ0n) is 7.32. The molecule has 1 heterocycles. The first-order valence-corrected chi connectivity index (χ1v) is 4.35. The Balaban J connectivity index is 2.30. The molecule has 1 aliphatic rings. The minimum Gasteiger partial charge on any atom is -0.459 e. The average Bonchev–Trinajstić information content (AvgIpc) is 2.05. The van der Waals surface area contributed by atoms with Gasteiger partial charge in [0.05, 0.1) is 0 Å². The molecular formula is C10H14O2. The van der Waals surface area contributed by atoms with Gasteiger partial charge < -0.3 is 4.74 Å². The summed E-state index contributed by atoms with van der Waals surface area (Å²) in [6.07, 6.45) is 10.3. The van der Waals surface area contributed by atoms with Gasteiger partial charge in [-0.15, -0.1) is 0 Å². The zero-order valence-corrected chi connectivity index (χ0v) is 7.32. The fourth-order valence-corrected chi connectivity index (χ4v) is 1.13. The summed E-state index contributed by atoms with van der Waals surface area (Å²) in [5.74, 6) is -0.212. The summed E-state index contributed by atoms with van der Waals surface area (Å²) in [6, 6.07) is 0. The van der Waals surface area contributed by atoms with Crippen molar-refractivity contribution < 1.29 is 9.53 Å². The Morgan fingerprint density at radius 3 is 3.17 bits per heavy atom. The van der Waals surface area contributed by atoms with Gasteiger partial charge in [-0.2, -0.15) is 0 Å². The molecule has 12 heavy (non-hydrogen) atoms. The molecule has 0 N–H and O–H groups in total. The van der Waals surface area contributed by atoms with Gasteiger partial charge >= 0.3 is 5.97 Å². The van der Waals surface area contributed by atoms with E-state index in [1.165, 1.54) is 6.08 Å². The van der Waals surface area contributed by atoms with Crippen LogP contribution in [0.25, 0.3) is 0 Å². The molecule has 1 rings (SSSR count). The molecule has 66 valence electrons. The first-order valence-electron chi connectivity index (χ1n) is 4.35. The third kappa shape index (κ3) is 2.91. The Labute approximate surface area is 72.9 Å². The molecule has 0 bridgehead atoms. The van der Waals surface area contributed by atoms with Gasteiger partial charge in [0.1, 0.15) is 6.10 Å². The standard InChI is InChI=1S/C10H14O2/c1-2-3-4-6-9-7-5-8-10(11)12-9/h3-5,8-9H,2,6-7H2,1H3/b4-3-/t9-/m1/s1. The number of cyclic esters (lactones) is 1. The van der Waals surface area contributed by atoms with E-state index in [-0.39, 0.29) is 12.1 Å². The molecule has 2 heteroatoms. The van der Waals surface area contributed by atoms with Crippen LogP contribution < -0.4 is 0 Å². The number of rotatable bonds is 3. The van der Waals surface area contributed by atoms with Crippen molar-refractivity contribution in [2.75, 3.05) is 0 Å². The van der Waals surface area contributed by atoms with Gasteiger partial charge in [-0.3, -0.25) is 0 Å². The summed E-state index contributed by atoms with van der Waals surface area (Å²) in [5, 5.41) is 0. The SMILES string of the molecule is CC/C=C\C[C@@H]1CC=CC(=O)O1. The predicted molar refractivity (Wildman–Crippen MR) is 47.7 cm³/mol. The topological polar surface area (TPSA) is 26.3 Å². The number of allylic oxidation sites excluding steroid dienone is 1. The van der Waals surface area contributed by atoms with Crippen LogP contribution in [0.15, 0.2) is 24.3 Å². The van der Waals surface area contributed by atoms with Crippen LogP contribution in [-0.2, 0) is 9.53 Å². The summed E-state index contributed by atoms with van der Waals surface area (Å²) in [6.45, 7) is 2.09. The van der Waals surface area contributed by atoms with Crippen LogP contribution in [0.3, 0.4) is 0 Å². The van der Waals surface area contributed by atoms with E-state index in [1.807, 2.05) is 6.08 Å². The molecule has 0 saturated carbocycles. The van der Waals surface area contributed by atoms with Gasteiger partial charge in [-0.25, -0.2) is 4.79 Å². The van der Waals surface area contributed by atoms with Gasteiger partial charge in [-0.05, 0) is 6.42 Å². The van der Waals surface area contributed by atoms with E-state index in [0.717, 1.165) is 19.3 Å². The van der Waals surface area contributed by atoms with E-state index in [2.05, 4.69) is 19.1 Å². The van der Waals surface area contributed by atoms with Crippen molar-refractivity contribution in [1.82, 2.24) is 0 Å². The molecule has 0 spiro atoms. The van der Waals surface area contributed by atoms with Crippen LogP contribution in [0, 0.1) is 0 Å². The molecule has 2 nitrogen and oxygen atoms in total. The lowest BCUT2D eigenvalue weighted by Gasteiger charge is -2.16. The van der Waals surface area contributed by atoms with Crippen molar-refractivity contribution in [3.05, 3.63) is 24.3 Å². The molecule has 1 atom stereocenters. The normalized spacial score (nSPS) is 23.1. The van der Waals surface area contributed by atoms with Crippen molar-refractivity contribution in [3.63, 3.8) is 0 Å². The minimum absolute atomic E-state index is 0.0605. The fourth-order valence-electron chi connectivity index (χ4n) is 1.13. The van der Waals surface area contributed by atoms with Crippen LogP contribution in [0.4, 0.5) is 0 Å². The quantitative estimate of drug-likeness (QED) is 0.474. The van der Waals surface area contributed by atoms with Crippen molar-refractivity contribution in [2.45, 2.75) is 32.3 Å². The van der Waals surface area contributed by atoms with E-state index in [1.54, 1.807) is 0 Å². The maximum absolute atomic E-state index is 10.8. The summed E-state index contributed by atoms with van der Waals surface area (Å²) >= 11 is 0. The van der Waals surface area contributed by atoms with E-state index < -0.39 is 0 Å². The van der Waals surface area contributed by atoms with Gasteiger partial charge in [0.2, 0.25) is 0 Å². The molecular weight excluding hydrogens is 152 g/mol. The molecule has 0 amide bonds. The lowest BCUT2D eigenvalue weighted by Crippen LogP contribution is -2.18. The Kier molecular flexibility index (Phi) is 3.58. The van der Waals surface area contributed by atoms with Crippen LogP contribution >= 0.6 is 0 Å². The highest BCUT2D eigenvalue weighted by Crippen LogP contribution is 2.11. The molecule has 0 unspecified atom stereocenters. The third-order valence-electron chi connectivity index (χ3n) is 1.74. The van der Waals surface area contributed by atoms with Crippen LogP contribution in [0.5, 0.6) is 0 Å². The Bertz CT molecular complexity index is 204. The van der Waals surface area contributed by atoms with Gasteiger partial charge in [-0.1, -0.05) is 25.2 Å². The highest BCUT2D eigenvalue weighted by atomic mass is 16.5. The van der Waals surface area contributed by atoms with E-state index in [0.29, 0.717) is 0 Å². The second kappa shape index (κ2) is 4.75. The van der Waals surface area contributed by atoms with Gasteiger partial charge in [0, 0.05) is 18.9 Å². The Morgan fingerprint density at radius 1 is 1.67 bits per heavy atom. The van der Waals surface area contributed by atoms with Crippen molar-refractivity contribution in [2.24, 2.45) is 0 Å². The summed E-state index contributed by atoms with van der Waals surface area (Å²) in [5.41, 5.74) is 0. The monoisotopic (exact) mass is 166 g/mol. The van der Waals surface area contributed by atoms with Gasteiger partial charge in [0.25, 0.3) is 0 Å². The molecule has 0 aliphatic carbocycles. The van der Waals surface area contributed by atoms with Crippen LogP contribution in [0.1, 0.15) is 26.2 Å². The smallest absolute Gasteiger partial charge is 0.330 e. The minimum atomic E-state index is -0.212. The Hall–Kier alpha value is -1.05. The summed E-state index contributed by atoms with van der Waals surface area (Å²) in [4.78, 5) is 10.8. The molecule has 0 aromatic rings. The Morgan fingerprint density at radius 2 is 2.50 bits per heavy atom.